The van der Waals surface area contributed by atoms with Crippen molar-refractivity contribution in [2.24, 2.45) is 5.92 Å². The zero-order valence-corrected chi connectivity index (χ0v) is 22.6. The molecule has 1 unspecified atom stereocenters. The van der Waals surface area contributed by atoms with E-state index in [1.165, 1.54) is 6.07 Å². The molecular formula is C32H36FN3O3. The summed E-state index contributed by atoms with van der Waals surface area (Å²) in [5.41, 5.74) is 0.607. The first-order chi connectivity index (χ1) is 18.8. The van der Waals surface area contributed by atoms with E-state index >= 15 is 0 Å². The van der Waals surface area contributed by atoms with Crippen molar-refractivity contribution in [1.29, 1.82) is 0 Å². The predicted molar refractivity (Wildman–Crippen MR) is 149 cm³/mol. The lowest BCUT2D eigenvalue weighted by atomic mass is 9.80. The molecule has 5 rings (SSSR count). The van der Waals surface area contributed by atoms with Crippen LogP contribution in [0.3, 0.4) is 0 Å². The van der Waals surface area contributed by atoms with Gasteiger partial charge in [-0.2, -0.15) is 0 Å². The molecule has 2 aliphatic rings. The van der Waals surface area contributed by atoms with E-state index in [4.69, 9.17) is 4.74 Å². The van der Waals surface area contributed by atoms with Crippen molar-refractivity contribution in [3.63, 3.8) is 0 Å². The van der Waals surface area contributed by atoms with Gasteiger partial charge in [0.15, 0.2) is 0 Å². The molecule has 2 aliphatic heterocycles. The molecule has 7 heteroatoms. The van der Waals surface area contributed by atoms with Gasteiger partial charge in [-0.25, -0.2) is 4.39 Å². The molecule has 0 radical (unpaired) electrons. The normalized spacial score (nSPS) is 19.4. The summed E-state index contributed by atoms with van der Waals surface area (Å²) in [5, 5.41) is 3.02. The number of nitrogens with zero attached hydrogens (tertiary/aromatic N) is 2. The van der Waals surface area contributed by atoms with Crippen LogP contribution in [-0.4, -0.2) is 46.3 Å². The fourth-order valence-electron chi connectivity index (χ4n) is 5.66. The maximum Gasteiger partial charge on any atom is 0.246 e. The van der Waals surface area contributed by atoms with E-state index < -0.39 is 11.6 Å². The highest BCUT2D eigenvalue weighted by Crippen LogP contribution is 2.36. The third-order valence-electron chi connectivity index (χ3n) is 7.79. The molecule has 2 amide bonds. The number of rotatable bonds is 8. The summed E-state index contributed by atoms with van der Waals surface area (Å²) in [7, 11) is 0. The van der Waals surface area contributed by atoms with E-state index in [0.717, 1.165) is 23.6 Å². The van der Waals surface area contributed by atoms with Crippen LogP contribution in [-0.2, 0) is 22.7 Å². The fraction of sp³-hybridized carbons (Fsp3) is 0.375. The molecule has 0 aliphatic carbocycles. The number of hydrogen-bond acceptors (Lipinski definition) is 4. The quantitative estimate of drug-likeness (QED) is 0.417. The average molecular weight is 530 g/mol. The zero-order chi connectivity index (χ0) is 27.4. The zero-order valence-electron chi connectivity index (χ0n) is 22.6. The van der Waals surface area contributed by atoms with Gasteiger partial charge in [-0.15, -0.1) is 0 Å². The molecular weight excluding hydrogens is 493 g/mol. The minimum Gasteiger partial charge on any atom is -0.457 e. The standard InChI is InChI=1S/C32H36FN3O3/c1-23(2)20-29-30(37)36(22-25-8-6-7-11-28(25)33)32(31(38)34-29)16-18-35(19-17-32)21-24-12-14-27(15-13-24)39-26-9-4-3-5-10-26/h3-15,23,29H,16-22H2,1-2H3,(H,34,38). The number of piperidine rings is 1. The average Bonchev–Trinajstić information content (AvgIpc) is 2.93. The molecule has 2 saturated heterocycles. The lowest BCUT2D eigenvalue weighted by Gasteiger charge is -2.52. The Kier molecular flexibility index (Phi) is 7.98. The summed E-state index contributed by atoms with van der Waals surface area (Å²) < 4.78 is 20.5. The van der Waals surface area contributed by atoms with Crippen LogP contribution in [0.15, 0.2) is 78.9 Å². The largest absolute Gasteiger partial charge is 0.457 e. The number of halogens is 1. The molecule has 0 bridgehead atoms. The second-order valence-corrected chi connectivity index (χ2v) is 11.0. The molecule has 0 saturated carbocycles. The van der Waals surface area contributed by atoms with Crippen molar-refractivity contribution in [3.05, 3.63) is 95.8 Å². The first-order valence-electron chi connectivity index (χ1n) is 13.7. The second-order valence-electron chi connectivity index (χ2n) is 11.0. The molecule has 1 atom stereocenters. The first-order valence-corrected chi connectivity index (χ1v) is 13.7. The summed E-state index contributed by atoms with van der Waals surface area (Å²) in [5.74, 6) is 1.22. The monoisotopic (exact) mass is 529 g/mol. The summed E-state index contributed by atoms with van der Waals surface area (Å²) in [6, 6.07) is 23.6. The number of amides is 2. The molecule has 1 N–H and O–H groups in total. The highest BCUT2D eigenvalue weighted by Gasteiger charge is 2.53. The van der Waals surface area contributed by atoms with Gasteiger partial charge in [-0.05, 0) is 61.1 Å². The van der Waals surface area contributed by atoms with Gasteiger partial charge >= 0.3 is 0 Å². The Labute approximate surface area is 229 Å². The van der Waals surface area contributed by atoms with Crippen LogP contribution in [0.5, 0.6) is 11.5 Å². The maximum atomic E-state index is 14.6. The van der Waals surface area contributed by atoms with Crippen LogP contribution in [0.2, 0.25) is 0 Å². The van der Waals surface area contributed by atoms with E-state index in [2.05, 4.69) is 22.3 Å². The number of nitrogens with one attached hydrogen (secondary N) is 1. The van der Waals surface area contributed by atoms with E-state index in [1.807, 2.05) is 56.3 Å². The smallest absolute Gasteiger partial charge is 0.246 e. The summed E-state index contributed by atoms with van der Waals surface area (Å²) in [6.07, 6.45) is 1.57. The van der Waals surface area contributed by atoms with Crippen LogP contribution < -0.4 is 10.1 Å². The molecule has 2 heterocycles. The summed E-state index contributed by atoms with van der Waals surface area (Å²) in [6.45, 7) is 6.21. The van der Waals surface area contributed by atoms with Gasteiger partial charge in [-0.3, -0.25) is 14.5 Å². The number of piperazine rings is 1. The van der Waals surface area contributed by atoms with E-state index in [1.54, 1.807) is 23.1 Å². The van der Waals surface area contributed by atoms with Crippen LogP contribution in [0, 0.1) is 11.7 Å². The van der Waals surface area contributed by atoms with Gasteiger partial charge in [0.2, 0.25) is 11.8 Å². The number of likely N-dealkylation sites (tertiary alicyclic amines) is 1. The van der Waals surface area contributed by atoms with Crippen molar-refractivity contribution < 1.29 is 18.7 Å². The Morgan fingerprint density at radius 1 is 0.897 bits per heavy atom. The minimum absolute atomic E-state index is 0.0936. The highest BCUT2D eigenvalue weighted by molar-refractivity contribution is 6.00. The van der Waals surface area contributed by atoms with Gasteiger partial charge in [0.05, 0.1) is 0 Å². The molecule has 3 aromatic carbocycles. The fourth-order valence-corrected chi connectivity index (χ4v) is 5.66. The SMILES string of the molecule is CC(C)CC1NC(=O)C2(CCN(Cc3ccc(Oc4ccccc4)cc3)CC2)N(Cc2ccccc2F)C1=O. The number of hydrogen-bond donors (Lipinski definition) is 1. The first kappa shape index (κ1) is 26.9. The number of benzene rings is 3. The molecule has 6 nitrogen and oxygen atoms in total. The van der Waals surface area contributed by atoms with Crippen LogP contribution in [0.4, 0.5) is 4.39 Å². The van der Waals surface area contributed by atoms with Crippen molar-refractivity contribution in [3.8, 4) is 11.5 Å². The van der Waals surface area contributed by atoms with Gasteiger partial charge in [-0.1, -0.05) is 62.4 Å². The highest BCUT2D eigenvalue weighted by atomic mass is 19.1. The minimum atomic E-state index is -0.975. The number of carbonyl (C=O) groups is 2. The summed E-state index contributed by atoms with van der Waals surface area (Å²) in [4.78, 5) is 31.3. The molecule has 0 aromatic heterocycles. The Balaban J connectivity index is 1.28. The number of carbonyl (C=O) groups excluding carboxylic acids is 2. The third kappa shape index (κ3) is 5.98. The second kappa shape index (κ2) is 11.6. The number of ether oxygens (including phenoxy) is 1. The Morgan fingerprint density at radius 3 is 2.21 bits per heavy atom. The Bertz CT molecular complexity index is 1290. The lowest BCUT2D eigenvalue weighted by molar-refractivity contribution is -0.162. The molecule has 39 heavy (non-hydrogen) atoms. The lowest BCUT2D eigenvalue weighted by Crippen LogP contribution is -2.72. The topological polar surface area (TPSA) is 61.9 Å². The van der Waals surface area contributed by atoms with Crippen LogP contribution >= 0.6 is 0 Å². The molecule has 1 spiro atoms. The van der Waals surface area contributed by atoms with Crippen molar-refractivity contribution in [1.82, 2.24) is 15.1 Å². The van der Waals surface area contributed by atoms with Gasteiger partial charge in [0, 0.05) is 31.7 Å². The van der Waals surface area contributed by atoms with Crippen LogP contribution in [0.25, 0.3) is 0 Å². The Morgan fingerprint density at radius 2 is 1.54 bits per heavy atom. The van der Waals surface area contributed by atoms with Crippen molar-refractivity contribution >= 4 is 11.8 Å². The Hall–Kier alpha value is -3.71. The molecule has 3 aromatic rings. The van der Waals surface area contributed by atoms with Gasteiger partial charge in [0.25, 0.3) is 0 Å². The molecule has 204 valence electrons. The maximum absolute atomic E-state index is 14.6. The summed E-state index contributed by atoms with van der Waals surface area (Å²) >= 11 is 0. The van der Waals surface area contributed by atoms with Crippen molar-refractivity contribution in [2.75, 3.05) is 13.1 Å². The van der Waals surface area contributed by atoms with E-state index in [-0.39, 0.29) is 30.1 Å². The van der Waals surface area contributed by atoms with E-state index in [0.29, 0.717) is 37.9 Å². The van der Waals surface area contributed by atoms with Gasteiger partial charge in [0.1, 0.15) is 28.9 Å². The predicted octanol–water partition coefficient (Wildman–Crippen LogP) is 5.53. The van der Waals surface area contributed by atoms with E-state index in [9.17, 15) is 14.0 Å². The number of para-hydroxylation sites is 1. The van der Waals surface area contributed by atoms with Gasteiger partial charge < -0.3 is 15.0 Å². The third-order valence-corrected chi connectivity index (χ3v) is 7.79. The van der Waals surface area contributed by atoms with Crippen molar-refractivity contribution in [2.45, 2.75) is 57.8 Å². The van der Waals surface area contributed by atoms with Crippen LogP contribution in [0.1, 0.15) is 44.2 Å². The molecule has 2 fully saturated rings.